The van der Waals surface area contributed by atoms with E-state index >= 15 is 0 Å². The number of benzene rings is 1. The summed E-state index contributed by atoms with van der Waals surface area (Å²) in [5.41, 5.74) is 0. The van der Waals surface area contributed by atoms with Crippen LogP contribution in [0.1, 0.15) is 0 Å². The van der Waals surface area contributed by atoms with Gasteiger partial charge in [0.15, 0.2) is 0 Å². The first-order chi connectivity index (χ1) is 5.72. The average Bonchev–Trinajstić information content (AvgIpc) is 2.09. The molecule has 0 bridgehead atoms. The van der Waals surface area contributed by atoms with Crippen molar-refractivity contribution in [1.82, 2.24) is 0 Å². The van der Waals surface area contributed by atoms with Crippen LogP contribution in [0, 0.1) is 18.2 Å². The van der Waals surface area contributed by atoms with Gasteiger partial charge in [-0.2, -0.15) is 0 Å². The van der Waals surface area contributed by atoms with E-state index in [0.29, 0.717) is 0 Å². The Hall–Kier alpha value is -1.82. The van der Waals surface area contributed by atoms with Gasteiger partial charge in [-0.25, -0.2) is 9.18 Å². The summed E-state index contributed by atoms with van der Waals surface area (Å²) in [6.45, 7) is 0. The van der Waals surface area contributed by atoms with Gasteiger partial charge >= 0.3 is 5.97 Å². The highest BCUT2D eigenvalue weighted by atomic mass is 19.1. The Balaban J connectivity index is 2.73. The minimum atomic E-state index is -0.790. The van der Waals surface area contributed by atoms with E-state index in [-0.39, 0.29) is 5.75 Å². The Morgan fingerprint density at radius 1 is 1.42 bits per heavy atom. The Labute approximate surface area is 69.0 Å². The molecular formula is C9H5FO2. The van der Waals surface area contributed by atoms with Gasteiger partial charge in [0.1, 0.15) is 11.6 Å². The molecule has 0 N–H and O–H groups in total. The molecule has 0 aromatic heterocycles. The fourth-order valence-corrected chi connectivity index (χ4v) is 0.639. The molecule has 0 radical (unpaired) electrons. The average molecular weight is 164 g/mol. The van der Waals surface area contributed by atoms with Crippen LogP contribution in [0.3, 0.4) is 0 Å². The maximum absolute atomic E-state index is 12.3. The zero-order chi connectivity index (χ0) is 8.97. The highest BCUT2D eigenvalue weighted by Gasteiger charge is 1.98. The summed E-state index contributed by atoms with van der Waals surface area (Å²) in [5, 5.41) is 0. The van der Waals surface area contributed by atoms with Gasteiger partial charge in [-0.3, -0.25) is 0 Å². The molecule has 0 atom stereocenters. The molecule has 2 nitrogen and oxygen atoms in total. The number of ether oxygens (including phenoxy) is 1. The SMILES string of the molecule is C#CC(=O)Oc1ccc(F)cc1. The molecule has 0 saturated heterocycles. The normalized spacial score (nSPS) is 8.67. The van der Waals surface area contributed by atoms with E-state index in [1.54, 1.807) is 5.92 Å². The van der Waals surface area contributed by atoms with Crippen LogP contribution in [0.25, 0.3) is 0 Å². The van der Waals surface area contributed by atoms with E-state index in [2.05, 4.69) is 4.74 Å². The summed E-state index contributed by atoms with van der Waals surface area (Å²) in [4.78, 5) is 10.5. The van der Waals surface area contributed by atoms with Crippen molar-refractivity contribution in [3.63, 3.8) is 0 Å². The molecule has 0 spiro atoms. The van der Waals surface area contributed by atoms with Gasteiger partial charge in [0.05, 0.1) is 0 Å². The van der Waals surface area contributed by atoms with E-state index in [0.717, 1.165) is 0 Å². The molecule has 1 aromatic carbocycles. The third-order valence-corrected chi connectivity index (χ3v) is 1.14. The highest BCUT2D eigenvalue weighted by Crippen LogP contribution is 2.10. The molecule has 1 aromatic rings. The van der Waals surface area contributed by atoms with E-state index in [4.69, 9.17) is 6.42 Å². The minimum absolute atomic E-state index is 0.236. The highest BCUT2D eigenvalue weighted by molar-refractivity contribution is 5.89. The first kappa shape index (κ1) is 8.28. The van der Waals surface area contributed by atoms with Crippen LogP contribution < -0.4 is 4.74 Å². The van der Waals surface area contributed by atoms with Gasteiger partial charge in [0, 0.05) is 5.92 Å². The van der Waals surface area contributed by atoms with Crippen LogP contribution in [-0.2, 0) is 4.79 Å². The third-order valence-electron chi connectivity index (χ3n) is 1.14. The third kappa shape index (κ3) is 2.10. The van der Waals surface area contributed by atoms with E-state index < -0.39 is 11.8 Å². The summed E-state index contributed by atoms with van der Waals surface area (Å²) < 4.78 is 16.9. The largest absolute Gasteiger partial charge is 0.417 e. The second-order valence-electron chi connectivity index (χ2n) is 1.99. The van der Waals surface area contributed by atoms with Crippen LogP contribution in [0.4, 0.5) is 4.39 Å². The van der Waals surface area contributed by atoms with Crippen LogP contribution in [-0.4, -0.2) is 5.97 Å². The van der Waals surface area contributed by atoms with Gasteiger partial charge in [-0.05, 0) is 24.3 Å². The quantitative estimate of drug-likeness (QED) is 0.271. The molecule has 0 saturated carbocycles. The minimum Gasteiger partial charge on any atom is -0.417 e. The first-order valence-electron chi connectivity index (χ1n) is 3.16. The zero-order valence-corrected chi connectivity index (χ0v) is 6.08. The number of esters is 1. The Morgan fingerprint density at radius 3 is 2.50 bits per heavy atom. The summed E-state index contributed by atoms with van der Waals surface area (Å²) in [7, 11) is 0. The number of carbonyl (C=O) groups is 1. The van der Waals surface area contributed by atoms with Crippen LogP contribution >= 0.6 is 0 Å². The second-order valence-corrected chi connectivity index (χ2v) is 1.99. The van der Waals surface area contributed by atoms with Crippen molar-refractivity contribution in [2.24, 2.45) is 0 Å². The van der Waals surface area contributed by atoms with E-state index in [1.807, 2.05) is 0 Å². The van der Waals surface area contributed by atoms with Crippen molar-refractivity contribution < 1.29 is 13.9 Å². The summed E-state index contributed by atoms with van der Waals surface area (Å²) in [5.74, 6) is 0.825. The lowest BCUT2D eigenvalue weighted by atomic mass is 10.3. The number of terminal acetylenes is 1. The molecule has 60 valence electrons. The predicted octanol–water partition coefficient (Wildman–Crippen LogP) is 1.36. The molecule has 0 fully saturated rings. The lowest BCUT2D eigenvalue weighted by molar-refractivity contribution is -0.128. The number of hydrogen-bond acceptors (Lipinski definition) is 2. The molecule has 0 amide bonds. The van der Waals surface area contributed by atoms with Gasteiger partial charge in [-0.15, -0.1) is 6.42 Å². The van der Waals surface area contributed by atoms with E-state index in [1.165, 1.54) is 24.3 Å². The van der Waals surface area contributed by atoms with Crippen molar-refractivity contribution in [1.29, 1.82) is 0 Å². The Kier molecular flexibility index (Phi) is 2.44. The molecule has 0 heterocycles. The predicted molar refractivity (Wildman–Crippen MR) is 40.9 cm³/mol. The lowest BCUT2D eigenvalue weighted by Crippen LogP contribution is -2.03. The molecule has 0 unspecified atom stereocenters. The fourth-order valence-electron chi connectivity index (χ4n) is 0.639. The number of rotatable bonds is 1. The van der Waals surface area contributed by atoms with Crippen LogP contribution in [0.2, 0.25) is 0 Å². The van der Waals surface area contributed by atoms with Crippen molar-refractivity contribution in [3.8, 4) is 18.1 Å². The molecule has 12 heavy (non-hydrogen) atoms. The number of carbonyl (C=O) groups excluding carboxylic acids is 1. The maximum atomic E-state index is 12.3. The van der Waals surface area contributed by atoms with Crippen LogP contribution in [0.15, 0.2) is 24.3 Å². The smallest absolute Gasteiger partial charge is 0.389 e. The van der Waals surface area contributed by atoms with Gasteiger partial charge in [-0.1, -0.05) is 0 Å². The van der Waals surface area contributed by atoms with Gasteiger partial charge < -0.3 is 4.74 Å². The molecule has 1 rings (SSSR count). The lowest BCUT2D eigenvalue weighted by Gasteiger charge is -1.97. The van der Waals surface area contributed by atoms with Gasteiger partial charge in [0.25, 0.3) is 0 Å². The summed E-state index contributed by atoms with van der Waals surface area (Å²) in [6.07, 6.45) is 4.75. The van der Waals surface area contributed by atoms with Crippen molar-refractivity contribution in [2.75, 3.05) is 0 Å². The first-order valence-corrected chi connectivity index (χ1v) is 3.16. The molecule has 3 heteroatoms. The zero-order valence-electron chi connectivity index (χ0n) is 6.08. The fraction of sp³-hybridized carbons (Fsp3) is 0. The second kappa shape index (κ2) is 3.54. The van der Waals surface area contributed by atoms with Crippen LogP contribution in [0.5, 0.6) is 5.75 Å². The summed E-state index contributed by atoms with van der Waals surface area (Å²) in [6, 6.07) is 5.01. The van der Waals surface area contributed by atoms with Crippen molar-refractivity contribution >= 4 is 5.97 Å². The molecular weight excluding hydrogens is 159 g/mol. The molecule has 0 aliphatic heterocycles. The molecule has 0 aliphatic rings. The Morgan fingerprint density at radius 2 is 2.00 bits per heavy atom. The molecule has 0 aliphatic carbocycles. The standard InChI is InChI=1S/C9H5FO2/c1-2-9(11)12-8-5-3-7(10)4-6-8/h1,3-6H. The topological polar surface area (TPSA) is 26.3 Å². The van der Waals surface area contributed by atoms with E-state index in [9.17, 15) is 9.18 Å². The number of halogens is 1. The van der Waals surface area contributed by atoms with Gasteiger partial charge in [0.2, 0.25) is 0 Å². The van der Waals surface area contributed by atoms with Crippen molar-refractivity contribution in [2.45, 2.75) is 0 Å². The monoisotopic (exact) mass is 164 g/mol. The summed E-state index contributed by atoms with van der Waals surface area (Å²) >= 11 is 0. The van der Waals surface area contributed by atoms with Crippen molar-refractivity contribution in [3.05, 3.63) is 30.1 Å². The Bertz CT molecular complexity index is 321. The maximum Gasteiger partial charge on any atom is 0.389 e. The number of hydrogen-bond donors (Lipinski definition) is 0.